The zero-order chi connectivity index (χ0) is 11.5. The lowest BCUT2D eigenvalue weighted by Crippen LogP contribution is -2.42. The molecular formula is C12H19ClN2OS. The van der Waals surface area contributed by atoms with E-state index in [9.17, 15) is 4.79 Å². The van der Waals surface area contributed by atoms with Gasteiger partial charge in [0.15, 0.2) is 0 Å². The monoisotopic (exact) mass is 274 g/mol. The summed E-state index contributed by atoms with van der Waals surface area (Å²) in [6, 6.07) is 4.09. The molecule has 1 aromatic heterocycles. The maximum Gasteiger partial charge on any atom is 0.240 e. The third-order valence-electron chi connectivity index (χ3n) is 3.16. The molecule has 5 heteroatoms. The molecule has 1 aromatic rings. The van der Waals surface area contributed by atoms with Crippen LogP contribution in [-0.4, -0.2) is 23.4 Å². The van der Waals surface area contributed by atoms with E-state index in [1.54, 1.807) is 11.3 Å². The Balaban J connectivity index is 0.00000144. The number of nitrogens with two attached hydrogens (primary N) is 1. The van der Waals surface area contributed by atoms with Gasteiger partial charge in [-0.1, -0.05) is 13.0 Å². The van der Waals surface area contributed by atoms with Gasteiger partial charge in [0, 0.05) is 11.4 Å². The van der Waals surface area contributed by atoms with E-state index in [1.807, 2.05) is 17.9 Å². The smallest absolute Gasteiger partial charge is 0.240 e. The summed E-state index contributed by atoms with van der Waals surface area (Å²) in [5.74, 6) is 0.110. The number of nitrogens with zero attached hydrogens (tertiary/aromatic N) is 1. The maximum atomic E-state index is 12.1. The first-order valence-electron chi connectivity index (χ1n) is 5.83. The van der Waals surface area contributed by atoms with Crippen LogP contribution in [0.1, 0.15) is 37.1 Å². The van der Waals surface area contributed by atoms with Gasteiger partial charge < -0.3 is 10.6 Å². The highest BCUT2D eigenvalue weighted by Crippen LogP contribution is 2.34. The SMILES string of the molecule is CC[C@H](N)C(=O)N1CCCC1c1cccs1.Cl. The van der Waals surface area contributed by atoms with Crippen LogP contribution in [0.2, 0.25) is 0 Å². The molecule has 17 heavy (non-hydrogen) atoms. The van der Waals surface area contributed by atoms with Gasteiger partial charge in [0.05, 0.1) is 12.1 Å². The van der Waals surface area contributed by atoms with Gasteiger partial charge in [-0.15, -0.1) is 23.7 Å². The lowest BCUT2D eigenvalue weighted by atomic mass is 10.1. The molecule has 2 atom stereocenters. The van der Waals surface area contributed by atoms with E-state index in [-0.39, 0.29) is 30.4 Å². The average Bonchev–Trinajstić information content (AvgIpc) is 2.95. The van der Waals surface area contributed by atoms with Gasteiger partial charge in [0.25, 0.3) is 0 Å². The molecular weight excluding hydrogens is 256 g/mol. The molecule has 2 heterocycles. The molecule has 96 valence electrons. The van der Waals surface area contributed by atoms with Gasteiger partial charge in [-0.05, 0) is 30.7 Å². The Morgan fingerprint density at radius 3 is 3.06 bits per heavy atom. The minimum Gasteiger partial charge on any atom is -0.333 e. The summed E-state index contributed by atoms with van der Waals surface area (Å²) in [7, 11) is 0. The predicted molar refractivity (Wildman–Crippen MR) is 73.5 cm³/mol. The molecule has 1 fully saturated rings. The average molecular weight is 275 g/mol. The molecule has 0 spiro atoms. The molecule has 3 nitrogen and oxygen atoms in total. The quantitative estimate of drug-likeness (QED) is 0.921. The van der Waals surface area contributed by atoms with E-state index in [2.05, 4.69) is 11.4 Å². The van der Waals surface area contributed by atoms with Crippen LogP contribution < -0.4 is 5.73 Å². The molecule has 0 aliphatic carbocycles. The van der Waals surface area contributed by atoms with E-state index < -0.39 is 0 Å². The van der Waals surface area contributed by atoms with Crippen molar-refractivity contribution in [3.63, 3.8) is 0 Å². The van der Waals surface area contributed by atoms with Crippen LogP contribution in [0.15, 0.2) is 17.5 Å². The first-order valence-corrected chi connectivity index (χ1v) is 6.71. The number of hydrogen-bond donors (Lipinski definition) is 1. The zero-order valence-electron chi connectivity index (χ0n) is 9.96. The topological polar surface area (TPSA) is 46.3 Å². The molecule has 0 radical (unpaired) electrons. The first-order chi connectivity index (χ1) is 7.74. The zero-order valence-corrected chi connectivity index (χ0v) is 11.6. The van der Waals surface area contributed by atoms with Crippen LogP contribution >= 0.6 is 23.7 Å². The fourth-order valence-corrected chi connectivity index (χ4v) is 3.07. The first kappa shape index (κ1) is 14.5. The van der Waals surface area contributed by atoms with E-state index in [1.165, 1.54) is 4.88 Å². The number of likely N-dealkylation sites (tertiary alicyclic amines) is 1. The van der Waals surface area contributed by atoms with Crippen molar-refractivity contribution in [3.8, 4) is 0 Å². The molecule has 2 N–H and O–H groups in total. The fraction of sp³-hybridized carbons (Fsp3) is 0.583. The summed E-state index contributed by atoms with van der Waals surface area (Å²) in [5, 5.41) is 2.07. The van der Waals surface area contributed by atoms with Crippen molar-refractivity contribution in [1.82, 2.24) is 4.90 Å². The van der Waals surface area contributed by atoms with E-state index >= 15 is 0 Å². The third-order valence-corrected chi connectivity index (χ3v) is 4.14. The van der Waals surface area contributed by atoms with E-state index in [0.29, 0.717) is 6.42 Å². The summed E-state index contributed by atoms with van der Waals surface area (Å²) in [5.41, 5.74) is 5.82. The van der Waals surface area contributed by atoms with Crippen molar-refractivity contribution in [3.05, 3.63) is 22.4 Å². The highest BCUT2D eigenvalue weighted by molar-refractivity contribution is 7.10. The molecule has 0 bridgehead atoms. The normalized spacial score (nSPS) is 21.1. The minimum atomic E-state index is -0.333. The number of carbonyl (C=O) groups excluding carboxylic acids is 1. The lowest BCUT2D eigenvalue weighted by Gasteiger charge is -2.26. The standard InChI is InChI=1S/C12H18N2OS.ClH/c1-2-9(13)12(15)14-7-3-5-10(14)11-6-4-8-16-11;/h4,6,8-10H,2-3,5,7,13H2,1H3;1H/t9-,10?;/m0./s1. The predicted octanol–water partition coefficient (Wildman–Crippen LogP) is 2.57. The van der Waals surface area contributed by atoms with Crippen molar-refractivity contribution in [1.29, 1.82) is 0 Å². The number of amides is 1. The maximum absolute atomic E-state index is 12.1. The Kier molecular flexibility index (Phi) is 5.43. The van der Waals surface area contributed by atoms with Gasteiger partial charge in [0.2, 0.25) is 5.91 Å². The van der Waals surface area contributed by atoms with Crippen LogP contribution in [0, 0.1) is 0 Å². The van der Waals surface area contributed by atoms with Gasteiger partial charge in [0.1, 0.15) is 0 Å². The van der Waals surface area contributed by atoms with Crippen molar-refractivity contribution < 1.29 is 4.79 Å². The van der Waals surface area contributed by atoms with Crippen molar-refractivity contribution in [2.24, 2.45) is 5.73 Å². The number of carbonyl (C=O) groups is 1. The second-order valence-electron chi connectivity index (χ2n) is 4.22. The Labute approximate surface area is 112 Å². The molecule has 2 rings (SSSR count). The number of thiophene rings is 1. The van der Waals surface area contributed by atoms with Crippen molar-refractivity contribution in [2.75, 3.05) is 6.54 Å². The molecule has 0 aromatic carbocycles. The fourth-order valence-electron chi connectivity index (χ4n) is 2.19. The number of hydrogen-bond acceptors (Lipinski definition) is 3. The Morgan fingerprint density at radius 1 is 1.71 bits per heavy atom. The van der Waals surface area contributed by atoms with Crippen LogP contribution in [-0.2, 0) is 4.79 Å². The second-order valence-corrected chi connectivity index (χ2v) is 5.20. The Morgan fingerprint density at radius 2 is 2.47 bits per heavy atom. The van der Waals surface area contributed by atoms with Gasteiger partial charge in [-0.25, -0.2) is 0 Å². The van der Waals surface area contributed by atoms with Gasteiger partial charge >= 0.3 is 0 Å². The summed E-state index contributed by atoms with van der Waals surface area (Å²) in [4.78, 5) is 15.3. The Bertz CT molecular complexity index is 355. The number of rotatable bonds is 3. The summed E-state index contributed by atoms with van der Waals surface area (Å²) in [6.45, 7) is 2.81. The molecule has 1 saturated heterocycles. The summed E-state index contributed by atoms with van der Waals surface area (Å²) < 4.78 is 0. The second kappa shape index (κ2) is 6.38. The summed E-state index contributed by atoms with van der Waals surface area (Å²) >= 11 is 1.73. The number of halogens is 1. The molecule has 1 amide bonds. The minimum absolute atomic E-state index is 0. The molecule has 1 unspecified atom stereocenters. The highest BCUT2D eigenvalue weighted by Gasteiger charge is 2.32. The van der Waals surface area contributed by atoms with Gasteiger partial charge in [-0.3, -0.25) is 4.79 Å². The van der Waals surface area contributed by atoms with Crippen LogP contribution in [0.5, 0.6) is 0 Å². The van der Waals surface area contributed by atoms with E-state index in [0.717, 1.165) is 19.4 Å². The highest BCUT2D eigenvalue weighted by atomic mass is 35.5. The Hall–Kier alpha value is -0.580. The molecule has 1 aliphatic rings. The van der Waals surface area contributed by atoms with Crippen LogP contribution in [0.3, 0.4) is 0 Å². The van der Waals surface area contributed by atoms with Gasteiger partial charge in [-0.2, -0.15) is 0 Å². The molecule has 0 saturated carbocycles. The van der Waals surface area contributed by atoms with Crippen LogP contribution in [0.25, 0.3) is 0 Å². The van der Waals surface area contributed by atoms with Crippen LogP contribution in [0.4, 0.5) is 0 Å². The van der Waals surface area contributed by atoms with Crippen molar-refractivity contribution >= 4 is 29.7 Å². The molecule has 1 aliphatic heterocycles. The largest absolute Gasteiger partial charge is 0.333 e. The van der Waals surface area contributed by atoms with E-state index in [4.69, 9.17) is 5.73 Å². The summed E-state index contributed by atoms with van der Waals surface area (Å²) in [6.07, 6.45) is 2.87. The lowest BCUT2D eigenvalue weighted by molar-refractivity contribution is -0.133. The third kappa shape index (κ3) is 3.00. The van der Waals surface area contributed by atoms with Crippen molar-refractivity contribution in [2.45, 2.75) is 38.3 Å².